The molecule has 0 aromatic heterocycles. The molecule has 0 aliphatic carbocycles. The Kier molecular flexibility index (Phi) is 4.85. The molecule has 0 unspecified atom stereocenters. The van der Waals surface area contributed by atoms with E-state index in [1.54, 1.807) is 13.0 Å². The highest BCUT2D eigenvalue weighted by molar-refractivity contribution is 5.94. The molecular formula is C15H12F2N2O4. The highest BCUT2D eigenvalue weighted by Crippen LogP contribution is 2.25. The Hall–Kier alpha value is -3.03. The zero-order chi connectivity index (χ0) is 17.0. The smallest absolute Gasteiger partial charge is 0.293 e. The molecule has 0 radical (unpaired) electrons. The van der Waals surface area contributed by atoms with E-state index < -0.39 is 29.1 Å². The molecule has 0 fully saturated rings. The van der Waals surface area contributed by atoms with Crippen LogP contribution < -0.4 is 10.1 Å². The third-order valence-corrected chi connectivity index (χ3v) is 2.88. The number of hydrogen-bond acceptors (Lipinski definition) is 4. The van der Waals surface area contributed by atoms with Crippen molar-refractivity contribution >= 4 is 17.3 Å². The minimum Gasteiger partial charge on any atom is -0.481 e. The van der Waals surface area contributed by atoms with Gasteiger partial charge in [0.25, 0.3) is 11.6 Å². The monoisotopic (exact) mass is 322 g/mol. The molecule has 1 amide bonds. The summed E-state index contributed by atoms with van der Waals surface area (Å²) in [6.45, 7) is 1.10. The Morgan fingerprint density at radius 3 is 2.65 bits per heavy atom. The first-order chi connectivity index (χ1) is 10.9. The van der Waals surface area contributed by atoms with E-state index in [0.29, 0.717) is 11.6 Å². The number of rotatable bonds is 5. The fourth-order valence-corrected chi connectivity index (χ4v) is 1.82. The Balaban J connectivity index is 2.04. The molecule has 0 aliphatic heterocycles. The van der Waals surface area contributed by atoms with E-state index in [1.807, 2.05) is 0 Å². The van der Waals surface area contributed by atoms with Gasteiger partial charge in [0.05, 0.1) is 4.92 Å². The lowest BCUT2D eigenvalue weighted by Crippen LogP contribution is -2.21. The Labute approximate surface area is 129 Å². The van der Waals surface area contributed by atoms with E-state index in [-0.39, 0.29) is 17.1 Å². The van der Waals surface area contributed by atoms with E-state index >= 15 is 0 Å². The van der Waals surface area contributed by atoms with Crippen molar-refractivity contribution in [2.45, 2.75) is 6.92 Å². The van der Waals surface area contributed by atoms with Crippen molar-refractivity contribution in [1.29, 1.82) is 0 Å². The second kappa shape index (κ2) is 6.82. The first kappa shape index (κ1) is 16.3. The van der Waals surface area contributed by atoms with Gasteiger partial charge in [0, 0.05) is 12.1 Å². The summed E-state index contributed by atoms with van der Waals surface area (Å²) in [4.78, 5) is 22.1. The van der Waals surface area contributed by atoms with E-state index in [1.165, 1.54) is 12.1 Å². The lowest BCUT2D eigenvalue weighted by Gasteiger charge is -2.09. The summed E-state index contributed by atoms with van der Waals surface area (Å²) in [5, 5.41) is 13.3. The largest absolute Gasteiger partial charge is 0.481 e. The molecule has 2 rings (SSSR count). The van der Waals surface area contributed by atoms with Gasteiger partial charge in [-0.15, -0.1) is 0 Å². The maximum Gasteiger partial charge on any atom is 0.293 e. The molecule has 0 spiro atoms. The highest BCUT2D eigenvalue weighted by atomic mass is 19.1. The molecule has 0 aliphatic rings. The predicted octanol–water partition coefficient (Wildman–Crippen LogP) is 3.20. The second-order valence-electron chi connectivity index (χ2n) is 4.69. The number of carbonyl (C=O) groups is 1. The summed E-state index contributed by atoms with van der Waals surface area (Å²) < 4.78 is 31.0. The standard InChI is InChI=1S/C15H12F2N2O4/c1-9-2-4-12(13(6-9)19(21)22)18-15(20)8-23-14-5-3-10(16)7-11(14)17/h2-7H,8H2,1H3,(H,18,20). The van der Waals surface area contributed by atoms with Crippen molar-refractivity contribution in [3.63, 3.8) is 0 Å². The molecule has 2 aromatic carbocycles. The van der Waals surface area contributed by atoms with Gasteiger partial charge in [0.2, 0.25) is 0 Å². The number of benzene rings is 2. The van der Waals surface area contributed by atoms with Crippen LogP contribution in [-0.2, 0) is 4.79 Å². The number of nitro groups is 1. The summed E-state index contributed by atoms with van der Waals surface area (Å²) in [6.07, 6.45) is 0. The first-order valence-corrected chi connectivity index (χ1v) is 6.49. The van der Waals surface area contributed by atoms with Crippen LogP contribution in [0.4, 0.5) is 20.2 Å². The molecule has 120 valence electrons. The summed E-state index contributed by atoms with van der Waals surface area (Å²) in [5.41, 5.74) is 0.416. The van der Waals surface area contributed by atoms with Gasteiger partial charge < -0.3 is 10.1 Å². The summed E-state index contributed by atoms with van der Waals surface area (Å²) >= 11 is 0. The number of nitro benzene ring substituents is 1. The maximum absolute atomic E-state index is 13.4. The number of ether oxygens (including phenoxy) is 1. The number of nitrogens with zero attached hydrogens (tertiary/aromatic N) is 1. The fourth-order valence-electron chi connectivity index (χ4n) is 1.82. The van der Waals surface area contributed by atoms with Crippen LogP contribution in [0.15, 0.2) is 36.4 Å². The molecule has 1 N–H and O–H groups in total. The third kappa shape index (κ3) is 4.22. The Morgan fingerprint density at radius 1 is 1.26 bits per heavy atom. The molecule has 2 aromatic rings. The zero-order valence-electron chi connectivity index (χ0n) is 12.0. The fraction of sp³-hybridized carbons (Fsp3) is 0.133. The summed E-state index contributed by atoms with van der Waals surface area (Å²) in [6, 6.07) is 6.97. The summed E-state index contributed by atoms with van der Waals surface area (Å²) in [7, 11) is 0. The molecule has 0 heterocycles. The number of aryl methyl sites for hydroxylation is 1. The van der Waals surface area contributed by atoms with Gasteiger partial charge in [0.1, 0.15) is 11.5 Å². The molecule has 0 atom stereocenters. The van der Waals surface area contributed by atoms with Crippen molar-refractivity contribution in [3.8, 4) is 5.75 Å². The van der Waals surface area contributed by atoms with Crippen LogP contribution in [0.1, 0.15) is 5.56 Å². The normalized spacial score (nSPS) is 10.2. The van der Waals surface area contributed by atoms with Gasteiger partial charge in [-0.3, -0.25) is 14.9 Å². The molecule has 6 nitrogen and oxygen atoms in total. The van der Waals surface area contributed by atoms with E-state index in [0.717, 1.165) is 12.1 Å². The molecule has 0 saturated heterocycles. The average molecular weight is 322 g/mol. The van der Waals surface area contributed by atoms with Crippen molar-refractivity contribution in [3.05, 3.63) is 63.7 Å². The minimum absolute atomic E-state index is 0.00813. The van der Waals surface area contributed by atoms with Crippen LogP contribution in [0.25, 0.3) is 0 Å². The number of amides is 1. The number of hydrogen-bond donors (Lipinski definition) is 1. The molecule has 8 heteroatoms. The van der Waals surface area contributed by atoms with Gasteiger partial charge in [-0.1, -0.05) is 6.07 Å². The molecule has 23 heavy (non-hydrogen) atoms. The molecule has 0 bridgehead atoms. The molecule has 0 saturated carbocycles. The number of anilines is 1. The predicted molar refractivity (Wildman–Crippen MR) is 78.3 cm³/mol. The van der Waals surface area contributed by atoms with Crippen molar-refractivity contribution < 1.29 is 23.2 Å². The van der Waals surface area contributed by atoms with Crippen LogP contribution >= 0.6 is 0 Å². The van der Waals surface area contributed by atoms with Gasteiger partial charge >= 0.3 is 0 Å². The van der Waals surface area contributed by atoms with Gasteiger partial charge in [0.15, 0.2) is 18.2 Å². The SMILES string of the molecule is Cc1ccc(NC(=O)COc2ccc(F)cc2F)c([N+](=O)[O-])c1. The quantitative estimate of drug-likeness (QED) is 0.677. The number of halogens is 2. The van der Waals surface area contributed by atoms with Crippen LogP contribution in [-0.4, -0.2) is 17.4 Å². The first-order valence-electron chi connectivity index (χ1n) is 6.49. The average Bonchev–Trinajstić information content (AvgIpc) is 2.48. The minimum atomic E-state index is -0.945. The second-order valence-corrected chi connectivity index (χ2v) is 4.69. The third-order valence-electron chi connectivity index (χ3n) is 2.88. The molecular weight excluding hydrogens is 310 g/mol. The van der Waals surface area contributed by atoms with E-state index in [2.05, 4.69) is 5.32 Å². The van der Waals surface area contributed by atoms with E-state index in [4.69, 9.17) is 4.74 Å². The van der Waals surface area contributed by atoms with Gasteiger partial charge in [-0.2, -0.15) is 0 Å². The topological polar surface area (TPSA) is 81.5 Å². The highest BCUT2D eigenvalue weighted by Gasteiger charge is 2.16. The van der Waals surface area contributed by atoms with Crippen LogP contribution in [0, 0.1) is 28.7 Å². The van der Waals surface area contributed by atoms with E-state index in [9.17, 15) is 23.7 Å². The van der Waals surface area contributed by atoms with Crippen molar-refractivity contribution in [1.82, 2.24) is 0 Å². The Morgan fingerprint density at radius 2 is 2.00 bits per heavy atom. The summed E-state index contributed by atoms with van der Waals surface area (Å²) in [5.74, 6) is -2.71. The van der Waals surface area contributed by atoms with Crippen molar-refractivity contribution in [2.75, 3.05) is 11.9 Å². The Bertz CT molecular complexity index is 765. The zero-order valence-corrected chi connectivity index (χ0v) is 12.0. The van der Waals surface area contributed by atoms with Crippen LogP contribution in [0.2, 0.25) is 0 Å². The number of carbonyl (C=O) groups excluding carboxylic acids is 1. The van der Waals surface area contributed by atoms with Crippen molar-refractivity contribution in [2.24, 2.45) is 0 Å². The van der Waals surface area contributed by atoms with Crippen LogP contribution in [0.3, 0.4) is 0 Å². The van der Waals surface area contributed by atoms with Gasteiger partial charge in [-0.25, -0.2) is 8.78 Å². The maximum atomic E-state index is 13.4. The van der Waals surface area contributed by atoms with Crippen LogP contribution in [0.5, 0.6) is 5.75 Å². The van der Waals surface area contributed by atoms with Gasteiger partial charge in [-0.05, 0) is 30.7 Å². The lowest BCUT2D eigenvalue weighted by atomic mass is 10.2. The number of nitrogens with one attached hydrogen (secondary N) is 1. The lowest BCUT2D eigenvalue weighted by molar-refractivity contribution is -0.384.